The highest BCUT2D eigenvalue weighted by molar-refractivity contribution is 7.89. The molecule has 10 heteroatoms. The van der Waals surface area contributed by atoms with Crippen molar-refractivity contribution >= 4 is 37.5 Å². The topological polar surface area (TPSA) is 120 Å². The molecule has 0 aliphatic heterocycles. The molecule has 0 radical (unpaired) electrons. The molecule has 36 heavy (non-hydrogen) atoms. The van der Waals surface area contributed by atoms with Crippen LogP contribution in [0.2, 0.25) is 0 Å². The Balaban J connectivity index is 1.89. The van der Waals surface area contributed by atoms with Crippen molar-refractivity contribution in [2.24, 2.45) is 11.8 Å². The molecule has 3 N–H and O–H groups in total. The van der Waals surface area contributed by atoms with Crippen molar-refractivity contribution in [1.29, 1.82) is 0 Å². The molecule has 3 aromatic rings. The van der Waals surface area contributed by atoms with Crippen molar-refractivity contribution in [3.63, 3.8) is 0 Å². The van der Waals surface area contributed by atoms with E-state index in [1.165, 1.54) is 21.7 Å². The number of hydrogen-bond acceptors (Lipinski definition) is 7. The number of carbonyl (C=O) groups excluding carboxylic acids is 1. The number of amides is 1. The van der Waals surface area contributed by atoms with Gasteiger partial charge in [-0.2, -0.15) is 4.31 Å². The maximum Gasteiger partial charge on any atom is 0.249 e. The van der Waals surface area contributed by atoms with Gasteiger partial charge in [-0.05, 0) is 42.0 Å². The van der Waals surface area contributed by atoms with Gasteiger partial charge in [0.1, 0.15) is 6.10 Å². The molecular formula is C26H35N3O5S2. The normalized spacial score (nSPS) is 14.9. The van der Waals surface area contributed by atoms with Crippen LogP contribution in [0.25, 0.3) is 10.2 Å². The van der Waals surface area contributed by atoms with E-state index in [4.69, 9.17) is 0 Å². The summed E-state index contributed by atoms with van der Waals surface area (Å²) < 4.78 is 29.3. The van der Waals surface area contributed by atoms with Crippen LogP contribution in [0.4, 0.5) is 0 Å². The van der Waals surface area contributed by atoms with Crippen LogP contribution in [-0.4, -0.2) is 65.2 Å². The summed E-state index contributed by atoms with van der Waals surface area (Å²) >= 11 is 1.36. The van der Waals surface area contributed by atoms with E-state index >= 15 is 0 Å². The van der Waals surface area contributed by atoms with Crippen molar-refractivity contribution in [2.45, 2.75) is 57.3 Å². The molecule has 1 amide bonds. The van der Waals surface area contributed by atoms with Crippen LogP contribution in [0, 0.1) is 11.8 Å². The summed E-state index contributed by atoms with van der Waals surface area (Å²) in [6.07, 6.45) is -2.17. The zero-order valence-electron chi connectivity index (χ0n) is 21.0. The van der Waals surface area contributed by atoms with Gasteiger partial charge >= 0.3 is 0 Å². The lowest BCUT2D eigenvalue weighted by Gasteiger charge is -2.31. The van der Waals surface area contributed by atoms with Gasteiger partial charge in [-0.25, -0.2) is 13.4 Å². The van der Waals surface area contributed by atoms with Gasteiger partial charge in [-0.1, -0.05) is 58.0 Å². The van der Waals surface area contributed by atoms with Gasteiger partial charge in [0.15, 0.2) is 0 Å². The van der Waals surface area contributed by atoms with E-state index in [1.807, 2.05) is 44.2 Å². The van der Waals surface area contributed by atoms with Crippen LogP contribution in [0.5, 0.6) is 0 Å². The molecular weight excluding hydrogens is 498 g/mol. The second-order valence-corrected chi connectivity index (χ2v) is 12.6. The quantitative estimate of drug-likeness (QED) is 0.329. The Kier molecular flexibility index (Phi) is 9.59. The molecule has 0 aliphatic rings. The average Bonchev–Trinajstić information content (AvgIpc) is 3.31. The molecule has 1 aromatic heterocycles. The highest BCUT2D eigenvalue weighted by Gasteiger charge is 2.32. The van der Waals surface area contributed by atoms with Crippen molar-refractivity contribution < 1.29 is 23.4 Å². The second-order valence-electron chi connectivity index (χ2n) is 9.76. The van der Waals surface area contributed by atoms with E-state index in [0.717, 1.165) is 15.8 Å². The molecule has 0 aliphatic carbocycles. The predicted octanol–water partition coefficient (Wildman–Crippen LogP) is 3.05. The number of nitrogens with one attached hydrogen (secondary N) is 1. The molecule has 0 bridgehead atoms. The first kappa shape index (κ1) is 28.2. The Morgan fingerprint density at radius 2 is 1.75 bits per heavy atom. The summed E-state index contributed by atoms with van der Waals surface area (Å²) in [6, 6.07) is 13.3. The fourth-order valence-electron chi connectivity index (χ4n) is 3.88. The summed E-state index contributed by atoms with van der Waals surface area (Å²) in [5.41, 5.74) is 3.26. The summed E-state index contributed by atoms with van der Waals surface area (Å²) in [5, 5.41) is 24.2. The maximum absolute atomic E-state index is 13.6. The largest absolute Gasteiger partial charge is 0.390 e. The Morgan fingerprint density at radius 3 is 2.39 bits per heavy atom. The lowest BCUT2D eigenvalue weighted by Crippen LogP contribution is -2.53. The fraction of sp³-hybridized carbons (Fsp3) is 0.462. The van der Waals surface area contributed by atoms with Gasteiger partial charge in [-0.15, -0.1) is 11.3 Å². The van der Waals surface area contributed by atoms with Crippen molar-refractivity contribution in [3.05, 3.63) is 59.6 Å². The zero-order valence-corrected chi connectivity index (χ0v) is 22.7. The first-order chi connectivity index (χ1) is 17.0. The molecule has 2 aromatic carbocycles. The summed E-state index contributed by atoms with van der Waals surface area (Å²) in [7, 11) is -3.94. The van der Waals surface area contributed by atoms with Crippen molar-refractivity contribution in [1.82, 2.24) is 14.6 Å². The van der Waals surface area contributed by atoms with Crippen molar-refractivity contribution in [3.8, 4) is 0 Å². The number of nitrogens with zero attached hydrogens (tertiary/aromatic N) is 2. The lowest BCUT2D eigenvalue weighted by molar-refractivity contribution is -0.133. The van der Waals surface area contributed by atoms with E-state index in [-0.39, 0.29) is 36.2 Å². The Bertz CT molecular complexity index is 1240. The number of rotatable bonds is 12. The predicted molar refractivity (Wildman–Crippen MR) is 142 cm³/mol. The molecule has 0 fully saturated rings. The lowest BCUT2D eigenvalue weighted by atomic mass is 9.99. The molecule has 196 valence electrons. The van der Waals surface area contributed by atoms with E-state index in [0.29, 0.717) is 0 Å². The maximum atomic E-state index is 13.6. The van der Waals surface area contributed by atoms with Crippen LogP contribution in [0.3, 0.4) is 0 Å². The van der Waals surface area contributed by atoms with Crippen LogP contribution >= 0.6 is 11.3 Å². The molecule has 1 heterocycles. The number of aliphatic hydroxyl groups excluding tert-OH is 2. The highest BCUT2D eigenvalue weighted by Crippen LogP contribution is 2.25. The first-order valence-corrected chi connectivity index (χ1v) is 14.3. The Hall–Kier alpha value is -2.37. The van der Waals surface area contributed by atoms with Gasteiger partial charge in [0.2, 0.25) is 15.9 Å². The van der Waals surface area contributed by atoms with Crippen LogP contribution in [0.1, 0.15) is 33.3 Å². The van der Waals surface area contributed by atoms with E-state index in [2.05, 4.69) is 10.3 Å². The number of sulfonamides is 1. The van der Waals surface area contributed by atoms with E-state index < -0.39 is 34.2 Å². The minimum Gasteiger partial charge on any atom is -0.390 e. The SMILES string of the molecule is CC(C)CN(CC(O)C(Cc1ccccc1)NC(=O)C(O)C(C)C)S(=O)(=O)c1ccc2ncsc2c1. The summed E-state index contributed by atoms with van der Waals surface area (Å²) in [6.45, 7) is 7.25. The van der Waals surface area contributed by atoms with Gasteiger partial charge in [0.25, 0.3) is 0 Å². The minimum atomic E-state index is -3.94. The number of fused-ring (bicyclic) bond motifs is 1. The van der Waals surface area contributed by atoms with Gasteiger partial charge < -0.3 is 15.5 Å². The molecule has 3 rings (SSSR count). The molecule has 0 saturated carbocycles. The minimum absolute atomic E-state index is 0.00374. The fourth-order valence-corrected chi connectivity index (χ4v) is 6.32. The summed E-state index contributed by atoms with van der Waals surface area (Å²) in [5.74, 6) is -0.901. The molecule has 8 nitrogen and oxygen atoms in total. The second kappa shape index (κ2) is 12.2. The monoisotopic (exact) mass is 533 g/mol. The average molecular weight is 534 g/mol. The third-order valence-corrected chi connectivity index (χ3v) is 8.51. The highest BCUT2D eigenvalue weighted by atomic mass is 32.2. The first-order valence-electron chi connectivity index (χ1n) is 12.0. The van der Waals surface area contributed by atoms with Gasteiger partial charge in [0.05, 0.1) is 32.8 Å². The molecule has 0 saturated heterocycles. The van der Waals surface area contributed by atoms with Crippen LogP contribution in [-0.2, 0) is 21.2 Å². The standard InChI is InChI=1S/C26H35N3O5S2/c1-17(2)14-29(36(33,34)20-10-11-21-24(13-20)35-16-27-21)15-23(30)22(12-19-8-6-5-7-9-19)28-26(32)25(31)18(3)4/h5-11,13,16-18,22-23,25,30-31H,12,14-15H2,1-4H3,(H,28,32). The third-order valence-electron chi connectivity index (χ3n) is 5.89. The Morgan fingerprint density at radius 1 is 1.06 bits per heavy atom. The number of thiazole rings is 1. The smallest absolute Gasteiger partial charge is 0.249 e. The third kappa shape index (κ3) is 7.10. The zero-order chi connectivity index (χ0) is 26.5. The number of hydrogen-bond donors (Lipinski definition) is 3. The van der Waals surface area contributed by atoms with E-state index in [1.54, 1.807) is 31.5 Å². The number of aromatic nitrogens is 1. The molecule has 3 unspecified atom stereocenters. The van der Waals surface area contributed by atoms with Crippen LogP contribution < -0.4 is 5.32 Å². The molecule has 3 atom stereocenters. The van der Waals surface area contributed by atoms with Crippen molar-refractivity contribution in [2.75, 3.05) is 13.1 Å². The molecule has 0 spiro atoms. The summed E-state index contributed by atoms with van der Waals surface area (Å²) in [4.78, 5) is 17.0. The van der Waals surface area contributed by atoms with Gasteiger partial charge in [0, 0.05) is 13.1 Å². The number of aliphatic hydroxyl groups is 2. The Labute approximate surface area is 217 Å². The van der Waals surface area contributed by atoms with Crippen LogP contribution in [0.15, 0.2) is 58.9 Å². The van der Waals surface area contributed by atoms with Gasteiger partial charge in [-0.3, -0.25) is 4.79 Å². The van der Waals surface area contributed by atoms with E-state index in [9.17, 15) is 23.4 Å². The number of benzene rings is 2. The number of carbonyl (C=O) groups is 1.